The predicted octanol–water partition coefficient (Wildman–Crippen LogP) is 6.10. The molecule has 3 aromatic carbocycles. The van der Waals surface area contributed by atoms with E-state index in [0.29, 0.717) is 43.5 Å². The van der Waals surface area contributed by atoms with Crippen molar-refractivity contribution in [2.45, 2.75) is 32.4 Å². The zero-order valence-corrected chi connectivity index (χ0v) is 20.7. The number of aromatic carboxylic acids is 1. The number of nitrogens with zero attached hydrogens (tertiary/aromatic N) is 1. The second-order valence-electron chi connectivity index (χ2n) is 8.38. The molecule has 7 nitrogen and oxygen atoms in total. The molecule has 0 saturated carbocycles. The summed E-state index contributed by atoms with van der Waals surface area (Å²) in [6.45, 7) is 3.00. The molecular formula is C28H30ClNO6. The zero-order valence-electron chi connectivity index (χ0n) is 19.9. The van der Waals surface area contributed by atoms with Gasteiger partial charge in [0.05, 0.1) is 18.8 Å². The van der Waals surface area contributed by atoms with Gasteiger partial charge in [0, 0.05) is 24.5 Å². The molecule has 0 amide bonds. The molecule has 0 aliphatic heterocycles. The molecule has 2 N–H and O–H groups in total. The largest absolute Gasteiger partial charge is 0.481 e. The Balaban J connectivity index is 1.46. The Bertz CT molecular complexity index is 1100. The topological polar surface area (TPSA) is 96.3 Å². The van der Waals surface area contributed by atoms with Gasteiger partial charge in [-0.15, -0.1) is 0 Å². The minimum Gasteiger partial charge on any atom is -0.481 e. The lowest BCUT2D eigenvalue weighted by Gasteiger charge is -2.22. The van der Waals surface area contributed by atoms with Gasteiger partial charge >= 0.3 is 11.9 Å². The average molecular weight is 512 g/mol. The number of carboxylic acid groups (broad SMARTS) is 2. The molecule has 0 saturated heterocycles. The molecule has 0 aliphatic rings. The summed E-state index contributed by atoms with van der Waals surface area (Å²) in [5, 5.41) is 18.6. The molecule has 0 aromatic heterocycles. The monoisotopic (exact) mass is 511 g/mol. The summed E-state index contributed by atoms with van der Waals surface area (Å²) in [5.41, 5.74) is 2.27. The molecule has 0 spiro atoms. The van der Waals surface area contributed by atoms with Crippen LogP contribution in [0.3, 0.4) is 0 Å². The summed E-state index contributed by atoms with van der Waals surface area (Å²) in [7, 11) is 0. The number of hydrogen-bond acceptors (Lipinski definition) is 5. The summed E-state index contributed by atoms with van der Waals surface area (Å²) in [6.07, 6.45) is 1.51. The second-order valence-corrected chi connectivity index (χ2v) is 8.82. The second kappa shape index (κ2) is 14.2. The van der Waals surface area contributed by atoms with Crippen molar-refractivity contribution >= 4 is 23.5 Å². The maximum Gasteiger partial charge on any atom is 0.335 e. The average Bonchev–Trinajstić information content (AvgIpc) is 2.86. The molecule has 3 aromatic rings. The lowest BCUT2D eigenvalue weighted by molar-refractivity contribution is -0.137. The van der Waals surface area contributed by atoms with Crippen LogP contribution in [0.2, 0.25) is 5.02 Å². The van der Waals surface area contributed by atoms with Crippen molar-refractivity contribution < 1.29 is 29.3 Å². The van der Waals surface area contributed by atoms with Crippen LogP contribution in [0.25, 0.3) is 0 Å². The fourth-order valence-corrected chi connectivity index (χ4v) is 3.69. The fourth-order valence-electron chi connectivity index (χ4n) is 3.57. The quantitative estimate of drug-likeness (QED) is 0.238. The number of hydrogen-bond donors (Lipinski definition) is 2. The summed E-state index contributed by atoms with van der Waals surface area (Å²) in [4.78, 5) is 24.1. The molecular weight excluding hydrogens is 482 g/mol. The van der Waals surface area contributed by atoms with Crippen LogP contribution >= 0.6 is 11.6 Å². The van der Waals surface area contributed by atoms with Crippen molar-refractivity contribution in [1.82, 2.24) is 4.90 Å². The van der Waals surface area contributed by atoms with Gasteiger partial charge in [-0.2, -0.15) is 0 Å². The highest BCUT2D eigenvalue weighted by atomic mass is 35.5. The van der Waals surface area contributed by atoms with Gasteiger partial charge in [0.25, 0.3) is 0 Å². The summed E-state index contributed by atoms with van der Waals surface area (Å²) < 4.78 is 11.7. The van der Waals surface area contributed by atoms with Crippen LogP contribution in [0.5, 0.6) is 11.5 Å². The first kappa shape index (κ1) is 27.2. The standard InChI is InChI=1S/C28H30ClNO6/c29-24-10-14-26(15-11-24)36-25-12-6-22(7-13-25)20-35-18-17-30(16-2-1-3-27(31)32)19-21-4-8-23(9-5-21)28(33)34/h4-15H,1-3,16-20H2,(H,31,32)(H,33,34). The van der Waals surface area contributed by atoms with Crippen molar-refractivity contribution in [1.29, 1.82) is 0 Å². The van der Waals surface area contributed by atoms with E-state index in [1.165, 1.54) is 0 Å². The normalized spacial score (nSPS) is 10.9. The fraction of sp³-hybridized carbons (Fsp3) is 0.286. The van der Waals surface area contributed by atoms with Gasteiger partial charge < -0.3 is 19.7 Å². The summed E-state index contributed by atoms with van der Waals surface area (Å²) in [6, 6.07) is 21.7. The molecule has 0 aliphatic carbocycles. The Morgan fingerprint density at radius 3 is 2.00 bits per heavy atom. The number of rotatable bonds is 15. The number of halogens is 1. The van der Waals surface area contributed by atoms with E-state index in [0.717, 1.165) is 29.8 Å². The Labute approximate surface area is 215 Å². The summed E-state index contributed by atoms with van der Waals surface area (Å²) in [5.74, 6) is -0.309. The van der Waals surface area contributed by atoms with Crippen LogP contribution in [0.15, 0.2) is 72.8 Å². The van der Waals surface area contributed by atoms with E-state index < -0.39 is 11.9 Å². The summed E-state index contributed by atoms with van der Waals surface area (Å²) >= 11 is 5.90. The van der Waals surface area contributed by atoms with Crippen LogP contribution in [-0.4, -0.2) is 46.7 Å². The number of ether oxygens (including phenoxy) is 2. The third-order valence-corrected chi connectivity index (χ3v) is 5.77. The van der Waals surface area contributed by atoms with E-state index in [-0.39, 0.29) is 12.0 Å². The van der Waals surface area contributed by atoms with E-state index in [9.17, 15) is 9.59 Å². The number of carboxylic acids is 2. The van der Waals surface area contributed by atoms with E-state index in [1.54, 1.807) is 24.3 Å². The minimum atomic E-state index is -0.954. The van der Waals surface area contributed by atoms with Crippen molar-refractivity contribution in [2.24, 2.45) is 0 Å². The number of unbranched alkanes of at least 4 members (excludes halogenated alkanes) is 1. The van der Waals surface area contributed by atoms with Gasteiger partial charge in [0.15, 0.2) is 0 Å². The third-order valence-electron chi connectivity index (χ3n) is 5.52. The van der Waals surface area contributed by atoms with Crippen molar-refractivity contribution in [3.8, 4) is 11.5 Å². The Morgan fingerprint density at radius 2 is 1.39 bits per heavy atom. The van der Waals surface area contributed by atoms with Gasteiger partial charge in [0.2, 0.25) is 0 Å². The molecule has 8 heteroatoms. The molecule has 0 unspecified atom stereocenters. The number of aliphatic carboxylic acids is 1. The van der Waals surface area contributed by atoms with Crippen molar-refractivity contribution in [3.63, 3.8) is 0 Å². The van der Waals surface area contributed by atoms with Crippen LogP contribution < -0.4 is 4.74 Å². The Morgan fingerprint density at radius 1 is 0.778 bits per heavy atom. The molecule has 0 fully saturated rings. The maximum absolute atomic E-state index is 11.1. The van der Waals surface area contributed by atoms with Crippen molar-refractivity contribution in [2.75, 3.05) is 19.7 Å². The molecule has 36 heavy (non-hydrogen) atoms. The SMILES string of the molecule is O=C(O)CCCCN(CCOCc1ccc(Oc2ccc(Cl)cc2)cc1)Cc1ccc(C(=O)O)cc1. The minimum absolute atomic E-state index is 0.148. The first-order valence-electron chi connectivity index (χ1n) is 11.8. The van der Waals surface area contributed by atoms with Crippen molar-refractivity contribution in [3.05, 3.63) is 94.5 Å². The van der Waals surface area contributed by atoms with Gasteiger partial charge in [-0.05, 0) is 79.0 Å². The highest BCUT2D eigenvalue weighted by Crippen LogP contribution is 2.23. The molecule has 0 bridgehead atoms. The Kier molecular flexibility index (Phi) is 10.8. The highest BCUT2D eigenvalue weighted by molar-refractivity contribution is 6.30. The van der Waals surface area contributed by atoms with Gasteiger partial charge in [-0.1, -0.05) is 35.9 Å². The highest BCUT2D eigenvalue weighted by Gasteiger charge is 2.09. The van der Waals surface area contributed by atoms with Gasteiger partial charge in [0.1, 0.15) is 11.5 Å². The first-order chi connectivity index (χ1) is 17.4. The van der Waals surface area contributed by atoms with E-state index in [1.807, 2.05) is 48.5 Å². The van der Waals surface area contributed by atoms with Gasteiger partial charge in [-0.3, -0.25) is 9.69 Å². The van der Waals surface area contributed by atoms with Gasteiger partial charge in [-0.25, -0.2) is 4.79 Å². The molecule has 3 rings (SSSR count). The Hall–Kier alpha value is -3.39. The zero-order chi connectivity index (χ0) is 25.8. The smallest absolute Gasteiger partial charge is 0.335 e. The van der Waals surface area contributed by atoms with Crippen LogP contribution in [0.1, 0.15) is 40.7 Å². The molecule has 0 heterocycles. The molecule has 0 atom stereocenters. The third kappa shape index (κ3) is 9.70. The number of carbonyl (C=O) groups is 2. The maximum atomic E-state index is 11.1. The van der Waals surface area contributed by atoms with Crippen LogP contribution in [0, 0.1) is 0 Å². The van der Waals surface area contributed by atoms with Crippen LogP contribution in [-0.2, 0) is 22.7 Å². The lowest BCUT2D eigenvalue weighted by atomic mass is 10.1. The lowest BCUT2D eigenvalue weighted by Crippen LogP contribution is -2.28. The van der Waals surface area contributed by atoms with Crippen LogP contribution in [0.4, 0.5) is 0 Å². The molecule has 190 valence electrons. The van der Waals surface area contributed by atoms with E-state index in [4.69, 9.17) is 31.3 Å². The number of benzene rings is 3. The predicted molar refractivity (Wildman–Crippen MR) is 138 cm³/mol. The van der Waals surface area contributed by atoms with E-state index >= 15 is 0 Å². The first-order valence-corrected chi connectivity index (χ1v) is 12.1. The molecule has 0 radical (unpaired) electrons. The van der Waals surface area contributed by atoms with E-state index in [2.05, 4.69) is 4.90 Å².